The van der Waals surface area contributed by atoms with E-state index in [1.807, 2.05) is 47.4 Å². The molecule has 7 heteroatoms. The molecule has 1 amide bonds. The lowest BCUT2D eigenvalue weighted by Gasteiger charge is -2.29. The molecule has 2 atom stereocenters. The Kier molecular flexibility index (Phi) is 5.50. The number of nitrogens with one attached hydrogen (secondary N) is 1. The summed E-state index contributed by atoms with van der Waals surface area (Å²) in [7, 11) is 2.17. The van der Waals surface area contributed by atoms with Gasteiger partial charge in [-0.1, -0.05) is 24.3 Å². The maximum atomic E-state index is 13.6. The summed E-state index contributed by atoms with van der Waals surface area (Å²) in [5.74, 6) is 1.74. The molecule has 4 aliphatic rings. The number of hydrogen-bond donors (Lipinski definition) is 1. The molecule has 3 heterocycles. The van der Waals surface area contributed by atoms with Crippen LogP contribution in [-0.2, 0) is 5.41 Å². The standard InChI is InChI=1S/C29H29N3O3.ClH/c1-31-10-8-18(9-11-31)17-35-21-6-7-24-19(12-21)13-25(30-24)28(34)32-16-20-15-29(20)23-5-3-2-4-22(23)26(33)14-27(29)32;/h2-7,12-14,18,20,30H,8-11,15-17H2,1H3;1H/t20-,29-;/m1./s1. The van der Waals surface area contributed by atoms with Crippen molar-refractivity contribution >= 4 is 35.0 Å². The summed E-state index contributed by atoms with van der Waals surface area (Å²) in [6.07, 6.45) is 5.05. The topological polar surface area (TPSA) is 65.6 Å². The molecule has 7 rings (SSSR count). The number of carbonyl (C=O) groups is 2. The van der Waals surface area contributed by atoms with Crippen LogP contribution >= 0.6 is 12.4 Å². The van der Waals surface area contributed by atoms with Gasteiger partial charge in [0.1, 0.15) is 11.4 Å². The minimum Gasteiger partial charge on any atom is -0.493 e. The van der Waals surface area contributed by atoms with E-state index in [9.17, 15) is 9.59 Å². The van der Waals surface area contributed by atoms with Crippen LogP contribution in [0.1, 0.15) is 45.7 Å². The van der Waals surface area contributed by atoms with Crippen molar-refractivity contribution < 1.29 is 14.3 Å². The average molecular weight is 504 g/mol. The minimum atomic E-state index is -0.166. The fourth-order valence-corrected chi connectivity index (χ4v) is 6.48. The van der Waals surface area contributed by atoms with E-state index in [0.29, 0.717) is 24.1 Å². The lowest BCUT2D eigenvalue weighted by Crippen LogP contribution is -2.33. The van der Waals surface area contributed by atoms with Gasteiger partial charge < -0.3 is 19.5 Å². The SMILES string of the molecule is CN1CCC(COc2ccc3[nH]c(C(=O)N4C[C@H]5C[C@@]56C4=CC(=O)c4ccccc46)cc3c2)CC1.Cl. The molecule has 0 radical (unpaired) electrons. The van der Waals surface area contributed by atoms with E-state index in [1.165, 1.54) is 12.8 Å². The zero-order valence-corrected chi connectivity index (χ0v) is 21.1. The van der Waals surface area contributed by atoms with Crippen LogP contribution in [0.3, 0.4) is 0 Å². The van der Waals surface area contributed by atoms with Gasteiger partial charge in [-0.3, -0.25) is 9.59 Å². The van der Waals surface area contributed by atoms with Gasteiger partial charge in [0.25, 0.3) is 5.91 Å². The van der Waals surface area contributed by atoms with Crippen LogP contribution in [0.15, 0.2) is 60.3 Å². The number of carbonyl (C=O) groups excluding carboxylic acids is 2. The molecule has 1 saturated carbocycles. The second kappa shape index (κ2) is 8.49. The molecule has 0 bridgehead atoms. The number of ketones is 1. The zero-order chi connectivity index (χ0) is 23.7. The van der Waals surface area contributed by atoms with Crippen LogP contribution in [-0.4, -0.2) is 59.8 Å². The number of hydrogen-bond acceptors (Lipinski definition) is 4. The largest absolute Gasteiger partial charge is 0.493 e. The number of rotatable bonds is 4. The summed E-state index contributed by atoms with van der Waals surface area (Å²) in [5, 5.41) is 0.965. The van der Waals surface area contributed by atoms with Crippen LogP contribution in [0.2, 0.25) is 0 Å². The second-order valence-electron chi connectivity index (χ2n) is 10.7. The van der Waals surface area contributed by atoms with Crippen molar-refractivity contribution in [3.63, 3.8) is 0 Å². The highest BCUT2D eigenvalue weighted by atomic mass is 35.5. The van der Waals surface area contributed by atoms with Gasteiger partial charge in [0.05, 0.1) is 6.61 Å². The molecule has 36 heavy (non-hydrogen) atoms. The molecule has 1 spiro atoms. The Labute approximate surface area is 216 Å². The lowest BCUT2D eigenvalue weighted by atomic mass is 9.81. The van der Waals surface area contributed by atoms with Gasteiger partial charge in [0.15, 0.2) is 5.78 Å². The van der Waals surface area contributed by atoms with E-state index in [0.717, 1.165) is 59.6 Å². The molecule has 1 N–H and O–H groups in total. The van der Waals surface area contributed by atoms with Crippen LogP contribution in [0.4, 0.5) is 0 Å². The molecule has 186 valence electrons. The molecule has 1 aromatic heterocycles. The summed E-state index contributed by atoms with van der Waals surface area (Å²) in [4.78, 5) is 33.9. The predicted octanol–water partition coefficient (Wildman–Crippen LogP) is 4.80. The number of aromatic nitrogens is 1. The van der Waals surface area contributed by atoms with Crippen molar-refractivity contribution in [1.82, 2.24) is 14.8 Å². The van der Waals surface area contributed by atoms with E-state index in [-0.39, 0.29) is 29.5 Å². The first-order chi connectivity index (χ1) is 17.0. The summed E-state index contributed by atoms with van der Waals surface area (Å²) in [5.41, 5.74) is 4.05. The smallest absolute Gasteiger partial charge is 0.274 e. The van der Waals surface area contributed by atoms with Crippen molar-refractivity contribution in [2.45, 2.75) is 24.7 Å². The van der Waals surface area contributed by atoms with Crippen molar-refractivity contribution in [2.24, 2.45) is 11.8 Å². The number of piperidine rings is 2. The van der Waals surface area contributed by atoms with Crippen molar-refractivity contribution in [3.8, 4) is 5.75 Å². The first-order valence-corrected chi connectivity index (χ1v) is 12.6. The quantitative estimate of drug-likeness (QED) is 0.555. The van der Waals surface area contributed by atoms with Gasteiger partial charge in [0.2, 0.25) is 0 Å². The molecule has 6 nitrogen and oxygen atoms in total. The minimum absolute atomic E-state index is 0. The number of likely N-dealkylation sites (tertiary alicyclic amines) is 2. The fourth-order valence-electron chi connectivity index (χ4n) is 6.48. The maximum Gasteiger partial charge on any atom is 0.274 e. The van der Waals surface area contributed by atoms with E-state index >= 15 is 0 Å². The molecule has 3 aromatic rings. The Morgan fingerprint density at radius 1 is 1.14 bits per heavy atom. The Morgan fingerprint density at radius 2 is 1.94 bits per heavy atom. The molecule has 3 fully saturated rings. The monoisotopic (exact) mass is 503 g/mol. The van der Waals surface area contributed by atoms with E-state index in [2.05, 4.69) is 23.0 Å². The number of allylic oxidation sites excluding steroid dienone is 2. The zero-order valence-electron chi connectivity index (χ0n) is 20.3. The van der Waals surface area contributed by atoms with Crippen LogP contribution in [0, 0.1) is 11.8 Å². The van der Waals surface area contributed by atoms with Crippen molar-refractivity contribution in [2.75, 3.05) is 33.3 Å². The molecule has 2 aliphatic heterocycles. The number of amides is 1. The summed E-state index contributed by atoms with van der Waals surface area (Å²) in [6, 6.07) is 15.8. The van der Waals surface area contributed by atoms with Crippen molar-refractivity contribution in [1.29, 1.82) is 0 Å². The Hall–Kier alpha value is -3.09. The molecule has 0 unspecified atom stereocenters. The summed E-state index contributed by atoms with van der Waals surface area (Å²) in [6.45, 7) is 3.65. The number of aromatic amines is 1. The number of benzene rings is 2. The van der Waals surface area contributed by atoms with E-state index in [4.69, 9.17) is 4.74 Å². The normalized spacial score (nSPS) is 25.0. The Balaban J connectivity index is 0.00000240. The molecular formula is C29H30ClN3O3. The molecular weight excluding hydrogens is 474 g/mol. The third-order valence-corrected chi connectivity index (χ3v) is 8.59. The number of nitrogens with zero attached hydrogens (tertiary/aromatic N) is 2. The van der Waals surface area contributed by atoms with Gasteiger partial charge in [-0.25, -0.2) is 0 Å². The van der Waals surface area contributed by atoms with Crippen molar-refractivity contribution in [3.05, 3.63) is 77.1 Å². The molecule has 2 aliphatic carbocycles. The first kappa shape index (κ1) is 23.3. The number of fused-ring (bicyclic) bond motifs is 2. The maximum absolute atomic E-state index is 13.6. The molecule has 2 aromatic carbocycles. The summed E-state index contributed by atoms with van der Waals surface area (Å²) >= 11 is 0. The van der Waals surface area contributed by atoms with Gasteiger partial charge >= 0.3 is 0 Å². The van der Waals surface area contributed by atoms with E-state index < -0.39 is 0 Å². The highest BCUT2D eigenvalue weighted by Crippen LogP contribution is 2.66. The molecule has 2 saturated heterocycles. The highest BCUT2D eigenvalue weighted by molar-refractivity contribution is 6.10. The van der Waals surface area contributed by atoms with Gasteiger partial charge in [-0.2, -0.15) is 0 Å². The number of H-pyrrole nitrogens is 1. The van der Waals surface area contributed by atoms with Crippen LogP contribution < -0.4 is 4.74 Å². The lowest BCUT2D eigenvalue weighted by molar-refractivity contribution is 0.0806. The summed E-state index contributed by atoms with van der Waals surface area (Å²) < 4.78 is 6.12. The predicted molar refractivity (Wildman–Crippen MR) is 141 cm³/mol. The highest BCUT2D eigenvalue weighted by Gasteiger charge is 2.67. The van der Waals surface area contributed by atoms with Crippen LogP contribution in [0.25, 0.3) is 10.9 Å². The van der Waals surface area contributed by atoms with Gasteiger partial charge in [-0.05, 0) is 81.1 Å². The Morgan fingerprint density at radius 3 is 2.78 bits per heavy atom. The van der Waals surface area contributed by atoms with Crippen LogP contribution in [0.5, 0.6) is 5.75 Å². The van der Waals surface area contributed by atoms with Gasteiger partial charge in [-0.15, -0.1) is 12.4 Å². The third-order valence-electron chi connectivity index (χ3n) is 8.59. The van der Waals surface area contributed by atoms with E-state index in [1.54, 1.807) is 6.08 Å². The Bertz CT molecular complexity index is 1400. The number of halogens is 1. The second-order valence-corrected chi connectivity index (χ2v) is 10.7. The van der Waals surface area contributed by atoms with Gasteiger partial charge in [0, 0.05) is 40.2 Å². The number of ether oxygens (including phenoxy) is 1. The fraction of sp³-hybridized carbons (Fsp3) is 0.379. The first-order valence-electron chi connectivity index (χ1n) is 12.6. The average Bonchev–Trinajstić information content (AvgIpc) is 3.26. The third kappa shape index (κ3) is 3.50.